The zero-order chi connectivity index (χ0) is 19.9. The summed E-state index contributed by atoms with van der Waals surface area (Å²) in [6, 6.07) is 15.6. The third kappa shape index (κ3) is 4.16. The fraction of sp³-hybridized carbons (Fsp3) is 0.100. The average molecular weight is 375 g/mol. The van der Waals surface area contributed by atoms with Gasteiger partial charge in [-0.05, 0) is 30.7 Å². The molecule has 140 valence electrons. The van der Waals surface area contributed by atoms with Crippen LogP contribution in [-0.4, -0.2) is 27.9 Å². The normalized spacial score (nSPS) is 10.6. The highest BCUT2D eigenvalue weighted by Crippen LogP contribution is 2.26. The number of hydrazone groups is 1. The molecule has 8 heteroatoms. The van der Waals surface area contributed by atoms with Crippen molar-refractivity contribution in [3.8, 4) is 28.8 Å². The number of H-pyrrole nitrogens is 1. The smallest absolute Gasteiger partial charge is 0.270 e. The maximum atomic E-state index is 12.2. The molecule has 28 heavy (non-hydrogen) atoms. The second-order valence-corrected chi connectivity index (χ2v) is 5.65. The minimum absolute atomic E-state index is 0.0394. The SMILES string of the molecule is CCOc1cc(C=NNc2nc(-c3ccccc3)c(C#N)c(=O)[nH]2)ccc1O. The molecule has 0 aliphatic carbocycles. The number of nitrogens with zero attached hydrogens (tertiary/aromatic N) is 3. The molecule has 0 spiro atoms. The largest absolute Gasteiger partial charge is 0.504 e. The minimum Gasteiger partial charge on any atom is -0.504 e. The van der Waals surface area contributed by atoms with Crippen molar-refractivity contribution in [2.24, 2.45) is 5.10 Å². The molecule has 0 bridgehead atoms. The van der Waals surface area contributed by atoms with Gasteiger partial charge >= 0.3 is 0 Å². The summed E-state index contributed by atoms with van der Waals surface area (Å²) in [6.07, 6.45) is 1.49. The molecule has 0 radical (unpaired) electrons. The van der Waals surface area contributed by atoms with Crippen LogP contribution in [0.3, 0.4) is 0 Å². The Balaban J connectivity index is 1.87. The lowest BCUT2D eigenvalue weighted by atomic mass is 10.1. The van der Waals surface area contributed by atoms with Gasteiger partial charge in [0.1, 0.15) is 11.6 Å². The molecular formula is C20H17N5O3. The molecule has 0 fully saturated rings. The molecule has 3 aromatic rings. The summed E-state index contributed by atoms with van der Waals surface area (Å²) in [5.74, 6) is 0.489. The van der Waals surface area contributed by atoms with Crippen molar-refractivity contribution >= 4 is 12.2 Å². The predicted molar refractivity (Wildman–Crippen MR) is 106 cm³/mol. The summed E-state index contributed by atoms with van der Waals surface area (Å²) in [6.45, 7) is 2.24. The average Bonchev–Trinajstić information content (AvgIpc) is 2.71. The number of aromatic hydroxyl groups is 1. The Morgan fingerprint density at radius 1 is 1.32 bits per heavy atom. The molecule has 0 saturated carbocycles. The van der Waals surface area contributed by atoms with E-state index in [0.29, 0.717) is 23.5 Å². The lowest BCUT2D eigenvalue weighted by Gasteiger charge is -2.07. The first kappa shape index (κ1) is 18.7. The van der Waals surface area contributed by atoms with Crippen LogP contribution in [0.25, 0.3) is 11.3 Å². The number of nitrogens with one attached hydrogen (secondary N) is 2. The quantitative estimate of drug-likeness (QED) is 0.450. The fourth-order valence-corrected chi connectivity index (χ4v) is 2.48. The van der Waals surface area contributed by atoms with Crippen LogP contribution in [0, 0.1) is 11.3 Å². The number of hydrogen-bond donors (Lipinski definition) is 3. The molecule has 0 saturated heterocycles. The van der Waals surface area contributed by atoms with Gasteiger partial charge in [-0.25, -0.2) is 10.4 Å². The molecule has 0 atom stereocenters. The highest BCUT2D eigenvalue weighted by atomic mass is 16.5. The number of hydrogen-bond acceptors (Lipinski definition) is 7. The molecule has 1 aromatic heterocycles. The Kier molecular flexibility index (Phi) is 5.67. The van der Waals surface area contributed by atoms with E-state index in [2.05, 4.69) is 20.5 Å². The van der Waals surface area contributed by atoms with Crippen molar-refractivity contribution in [3.63, 3.8) is 0 Å². The standard InChI is InChI=1S/C20H17N5O3/c1-2-28-17-10-13(8-9-16(17)26)12-22-25-20-23-18(14-6-4-3-5-7-14)15(11-21)19(27)24-20/h3-10,12,26H,2H2,1H3,(H2,23,24,25,27). The van der Waals surface area contributed by atoms with Gasteiger partial charge in [0.2, 0.25) is 5.95 Å². The fourth-order valence-electron chi connectivity index (χ4n) is 2.48. The van der Waals surface area contributed by atoms with E-state index in [1.54, 1.807) is 36.4 Å². The number of nitriles is 1. The number of benzene rings is 2. The molecule has 1 heterocycles. The van der Waals surface area contributed by atoms with Crippen molar-refractivity contribution in [3.05, 3.63) is 70.0 Å². The van der Waals surface area contributed by atoms with Crippen LogP contribution in [0.5, 0.6) is 11.5 Å². The number of phenolic OH excluding ortho intramolecular Hbond substituents is 1. The Labute approximate surface area is 160 Å². The van der Waals surface area contributed by atoms with Crippen molar-refractivity contribution in [2.45, 2.75) is 6.92 Å². The second-order valence-electron chi connectivity index (χ2n) is 5.65. The van der Waals surface area contributed by atoms with Gasteiger partial charge in [-0.3, -0.25) is 9.78 Å². The van der Waals surface area contributed by atoms with Gasteiger partial charge in [0.05, 0.1) is 18.5 Å². The predicted octanol–water partition coefficient (Wildman–Crippen LogP) is 2.86. The maximum absolute atomic E-state index is 12.2. The first-order valence-corrected chi connectivity index (χ1v) is 8.47. The van der Waals surface area contributed by atoms with Gasteiger partial charge in [0, 0.05) is 5.56 Å². The topological polar surface area (TPSA) is 123 Å². The Bertz CT molecular complexity index is 1100. The van der Waals surface area contributed by atoms with Crippen molar-refractivity contribution in [2.75, 3.05) is 12.0 Å². The summed E-state index contributed by atoms with van der Waals surface area (Å²) >= 11 is 0. The van der Waals surface area contributed by atoms with Gasteiger partial charge in [-0.1, -0.05) is 30.3 Å². The monoisotopic (exact) mass is 375 g/mol. The van der Waals surface area contributed by atoms with E-state index in [9.17, 15) is 15.2 Å². The number of ether oxygens (including phenoxy) is 1. The second kappa shape index (κ2) is 8.51. The van der Waals surface area contributed by atoms with E-state index in [-0.39, 0.29) is 23.0 Å². The third-order valence-electron chi connectivity index (χ3n) is 3.75. The molecule has 2 aromatic carbocycles. The minimum atomic E-state index is -0.558. The summed E-state index contributed by atoms with van der Waals surface area (Å²) in [5.41, 5.74) is 3.62. The molecular weight excluding hydrogens is 358 g/mol. The highest BCUT2D eigenvalue weighted by molar-refractivity contribution is 5.81. The summed E-state index contributed by atoms with van der Waals surface area (Å²) < 4.78 is 5.33. The van der Waals surface area contributed by atoms with Crippen LogP contribution in [-0.2, 0) is 0 Å². The van der Waals surface area contributed by atoms with E-state index in [0.717, 1.165) is 0 Å². The van der Waals surface area contributed by atoms with Gasteiger partial charge in [0.25, 0.3) is 5.56 Å². The Morgan fingerprint density at radius 3 is 2.82 bits per heavy atom. The third-order valence-corrected chi connectivity index (χ3v) is 3.75. The molecule has 0 aliphatic heterocycles. The van der Waals surface area contributed by atoms with E-state index in [1.807, 2.05) is 19.1 Å². The summed E-state index contributed by atoms with van der Waals surface area (Å²) in [5, 5.41) is 23.0. The first-order chi connectivity index (χ1) is 13.6. The lowest BCUT2D eigenvalue weighted by molar-refractivity contribution is 0.318. The first-order valence-electron chi connectivity index (χ1n) is 8.47. The number of aromatic nitrogens is 2. The molecule has 3 rings (SSSR count). The van der Waals surface area contributed by atoms with Crippen LogP contribution >= 0.6 is 0 Å². The number of anilines is 1. The molecule has 0 unspecified atom stereocenters. The molecule has 0 aliphatic rings. The van der Waals surface area contributed by atoms with Crippen LogP contribution in [0.15, 0.2) is 58.4 Å². The van der Waals surface area contributed by atoms with Crippen LogP contribution in [0.4, 0.5) is 5.95 Å². The summed E-state index contributed by atoms with van der Waals surface area (Å²) in [7, 11) is 0. The maximum Gasteiger partial charge on any atom is 0.270 e. The Morgan fingerprint density at radius 2 is 2.11 bits per heavy atom. The molecule has 3 N–H and O–H groups in total. The van der Waals surface area contributed by atoms with Crippen LogP contribution in [0.2, 0.25) is 0 Å². The van der Waals surface area contributed by atoms with Crippen molar-refractivity contribution < 1.29 is 9.84 Å². The van der Waals surface area contributed by atoms with Crippen LogP contribution in [0.1, 0.15) is 18.1 Å². The summed E-state index contributed by atoms with van der Waals surface area (Å²) in [4.78, 5) is 19.0. The van der Waals surface area contributed by atoms with Crippen molar-refractivity contribution in [1.82, 2.24) is 9.97 Å². The highest BCUT2D eigenvalue weighted by Gasteiger charge is 2.12. The van der Waals surface area contributed by atoms with Crippen LogP contribution < -0.4 is 15.7 Å². The zero-order valence-corrected chi connectivity index (χ0v) is 15.0. The van der Waals surface area contributed by atoms with E-state index < -0.39 is 5.56 Å². The molecule has 0 amide bonds. The van der Waals surface area contributed by atoms with Gasteiger partial charge in [-0.15, -0.1) is 0 Å². The van der Waals surface area contributed by atoms with Gasteiger partial charge in [0.15, 0.2) is 11.5 Å². The molecule has 8 nitrogen and oxygen atoms in total. The number of aromatic amines is 1. The van der Waals surface area contributed by atoms with Crippen molar-refractivity contribution in [1.29, 1.82) is 5.26 Å². The van der Waals surface area contributed by atoms with E-state index in [1.165, 1.54) is 12.3 Å². The van der Waals surface area contributed by atoms with E-state index in [4.69, 9.17) is 4.74 Å². The van der Waals surface area contributed by atoms with E-state index >= 15 is 0 Å². The Hall–Kier alpha value is -4.12. The number of phenols is 1. The van der Waals surface area contributed by atoms with Gasteiger partial charge < -0.3 is 9.84 Å². The lowest BCUT2D eigenvalue weighted by Crippen LogP contribution is -2.16. The van der Waals surface area contributed by atoms with Gasteiger partial charge in [-0.2, -0.15) is 10.4 Å². The zero-order valence-electron chi connectivity index (χ0n) is 15.0. The number of rotatable bonds is 6.